The Morgan fingerprint density at radius 3 is 2.62 bits per heavy atom. The second-order valence-electron chi connectivity index (χ2n) is 3.03. The van der Waals surface area contributed by atoms with Crippen molar-refractivity contribution in [2.75, 3.05) is 5.48 Å². The molecule has 2 aromatic rings. The monoisotopic (exact) mass is 228 g/mol. The molecule has 1 heterocycles. The Morgan fingerprint density at radius 2 is 1.88 bits per heavy atom. The van der Waals surface area contributed by atoms with Gasteiger partial charge in [0.1, 0.15) is 0 Å². The van der Waals surface area contributed by atoms with Crippen LogP contribution < -0.4 is 5.48 Å². The molecule has 16 heavy (non-hydrogen) atoms. The van der Waals surface area contributed by atoms with Gasteiger partial charge in [-0.1, -0.05) is 18.2 Å². The van der Waals surface area contributed by atoms with Gasteiger partial charge in [0.25, 0.3) is 0 Å². The third-order valence-corrected chi connectivity index (χ3v) is 1.91. The van der Waals surface area contributed by atoms with Crippen LogP contribution in [0.25, 0.3) is 10.9 Å². The van der Waals surface area contributed by atoms with E-state index in [1.165, 1.54) is 12.3 Å². The Bertz CT molecular complexity index is 493. The number of anilines is 1. The number of alkyl halides is 3. The molecule has 0 fully saturated rings. The summed E-state index contributed by atoms with van der Waals surface area (Å²) in [6.45, 7) is 0. The largest absolute Gasteiger partial charge is 0.543 e. The van der Waals surface area contributed by atoms with Crippen LogP contribution in [-0.4, -0.2) is 11.3 Å². The number of fused-ring (bicyclic) bond motifs is 1. The Morgan fingerprint density at radius 1 is 1.12 bits per heavy atom. The summed E-state index contributed by atoms with van der Waals surface area (Å²) < 4.78 is 35.5. The third kappa shape index (κ3) is 2.40. The van der Waals surface area contributed by atoms with Gasteiger partial charge in [0.2, 0.25) is 0 Å². The maximum absolute atomic E-state index is 11.8. The fourth-order valence-corrected chi connectivity index (χ4v) is 1.30. The molecular weight excluding hydrogens is 221 g/mol. The van der Waals surface area contributed by atoms with Crippen molar-refractivity contribution in [2.24, 2.45) is 0 Å². The lowest BCUT2D eigenvalue weighted by molar-refractivity contribution is -0.311. The number of aromatic nitrogens is 1. The van der Waals surface area contributed by atoms with E-state index in [2.05, 4.69) is 9.82 Å². The van der Waals surface area contributed by atoms with Crippen LogP contribution in [0.1, 0.15) is 0 Å². The van der Waals surface area contributed by atoms with Crippen molar-refractivity contribution in [2.45, 2.75) is 6.36 Å². The van der Waals surface area contributed by atoms with Crippen LogP contribution in [0.2, 0.25) is 0 Å². The Hall–Kier alpha value is -1.82. The van der Waals surface area contributed by atoms with Crippen molar-refractivity contribution in [3.05, 3.63) is 36.5 Å². The van der Waals surface area contributed by atoms with Gasteiger partial charge in [-0.05, 0) is 12.1 Å². The standard InChI is InChI=1S/C10H7F3N2O/c11-10(12,13)16-15-8-5-1-3-7-4-2-6-14-9(7)8/h1-6,15H. The van der Waals surface area contributed by atoms with Gasteiger partial charge < -0.3 is 0 Å². The van der Waals surface area contributed by atoms with Gasteiger partial charge in [0.15, 0.2) is 0 Å². The number of nitrogens with one attached hydrogen (secondary N) is 1. The van der Waals surface area contributed by atoms with Gasteiger partial charge in [-0.15, -0.1) is 13.2 Å². The van der Waals surface area contributed by atoms with Gasteiger partial charge in [-0.2, -0.15) is 4.84 Å². The number of hydrogen-bond donors (Lipinski definition) is 1. The molecule has 0 saturated heterocycles. The van der Waals surface area contributed by atoms with Crippen LogP contribution in [0, 0.1) is 0 Å². The minimum atomic E-state index is -4.73. The second-order valence-corrected chi connectivity index (χ2v) is 3.03. The first-order chi connectivity index (χ1) is 7.56. The fourth-order valence-electron chi connectivity index (χ4n) is 1.30. The molecule has 0 saturated carbocycles. The summed E-state index contributed by atoms with van der Waals surface area (Å²) in [6, 6.07) is 8.28. The number of halogens is 3. The van der Waals surface area contributed by atoms with Gasteiger partial charge in [-0.3, -0.25) is 10.5 Å². The van der Waals surface area contributed by atoms with Crippen molar-refractivity contribution in [1.29, 1.82) is 0 Å². The molecule has 1 aromatic heterocycles. The third-order valence-electron chi connectivity index (χ3n) is 1.91. The van der Waals surface area contributed by atoms with E-state index in [1.54, 1.807) is 24.3 Å². The second kappa shape index (κ2) is 3.97. The van der Waals surface area contributed by atoms with Gasteiger partial charge in [-0.25, -0.2) is 0 Å². The lowest BCUT2D eigenvalue weighted by Crippen LogP contribution is -2.18. The van der Waals surface area contributed by atoms with E-state index >= 15 is 0 Å². The van der Waals surface area contributed by atoms with E-state index in [4.69, 9.17) is 0 Å². The molecular formula is C10H7F3N2O. The summed E-state index contributed by atoms with van der Waals surface area (Å²) in [5.74, 6) is 0. The summed E-state index contributed by atoms with van der Waals surface area (Å²) in [5.41, 5.74) is 2.44. The fraction of sp³-hybridized carbons (Fsp3) is 0.100. The highest BCUT2D eigenvalue weighted by molar-refractivity contribution is 5.89. The van der Waals surface area contributed by atoms with Crippen LogP contribution in [0.5, 0.6) is 0 Å². The molecule has 0 bridgehead atoms. The van der Waals surface area contributed by atoms with Gasteiger partial charge in [0.05, 0.1) is 11.2 Å². The highest BCUT2D eigenvalue weighted by atomic mass is 19.4. The minimum absolute atomic E-state index is 0.176. The van der Waals surface area contributed by atoms with Crippen LogP contribution in [0.3, 0.4) is 0 Å². The number of hydrogen-bond acceptors (Lipinski definition) is 3. The molecule has 0 atom stereocenters. The topological polar surface area (TPSA) is 34.1 Å². The molecule has 1 N–H and O–H groups in total. The molecule has 0 unspecified atom stereocenters. The number of benzene rings is 1. The van der Waals surface area contributed by atoms with E-state index in [0.717, 1.165) is 5.39 Å². The molecule has 3 nitrogen and oxygen atoms in total. The summed E-state index contributed by atoms with van der Waals surface area (Å²) in [7, 11) is 0. The quantitative estimate of drug-likeness (QED) is 0.802. The van der Waals surface area contributed by atoms with E-state index in [9.17, 15) is 13.2 Å². The van der Waals surface area contributed by atoms with Crippen molar-refractivity contribution < 1.29 is 18.0 Å². The molecule has 6 heteroatoms. The molecule has 0 aliphatic heterocycles. The zero-order valence-electron chi connectivity index (χ0n) is 7.95. The van der Waals surface area contributed by atoms with Crippen LogP contribution >= 0.6 is 0 Å². The Labute approximate surface area is 88.8 Å². The van der Waals surface area contributed by atoms with Crippen molar-refractivity contribution in [3.8, 4) is 0 Å². The SMILES string of the molecule is FC(F)(F)ONc1cccc2cccnc12. The normalized spacial score (nSPS) is 11.7. The van der Waals surface area contributed by atoms with Crippen molar-refractivity contribution >= 4 is 16.6 Å². The number of rotatable bonds is 2. The highest BCUT2D eigenvalue weighted by Crippen LogP contribution is 2.23. The molecule has 0 radical (unpaired) electrons. The van der Waals surface area contributed by atoms with Crippen LogP contribution in [-0.2, 0) is 4.84 Å². The Kier molecular flexibility index (Phi) is 2.66. The molecule has 0 spiro atoms. The predicted molar refractivity (Wildman–Crippen MR) is 52.5 cm³/mol. The lowest BCUT2D eigenvalue weighted by atomic mass is 10.2. The zero-order valence-corrected chi connectivity index (χ0v) is 7.95. The first kappa shape index (κ1) is 10.7. The maximum atomic E-state index is 11.8. The number of pyridine rings is 1. The minimum Gasteiger partial charge on any atom is -0.256 e. The molecule has 0 amide bonds. The Balaban J connectivity index is 2.30. The molecule has 0 aliphatic rings. The average molecular weight is 228 g/mol. The average Bonchev–Trinajstić information content (AvgIpc) is 2.25. The summed E-state index contributed by atoms with van der Waals surface area (Å²) in [5, 5.41) is 0.735. The van der Waals surface area contributed by atoms with Crippen molar-refractivity contribution in [1.82, 2.24) is 4.98 Å². The smallest absolute Gasteiger partial charge is 0.256 e. The summed E-state index contributed by atoms with van der Waals surface area (Å²) in [6.07, 6.45) is -3.22. The summed E-state index contributed by atoms with van der Waals surface area (Å²) in [4.78, 5) is 7.51. The van der Waals surface area contributed by atoms with E-state index < -0.39 is 6.36 Å². The van der Waals surface area contributed by atoms with E-state index in [0.29, 0.717) is 5.52 Å². The highest BCUT2D eigenvalue weighted by Gasteiger charge is 2.30. The van der Waals surface area contributed by atoms with Crippen molar-refractivity contribution in [3.63, 3.8) is 0 Å². The zero-order chi connectivity index (χ0) is 11.6. The lowest BCUT2D eigenvalue weighted by Gasteiger charge is -2.10. The van der Waals surface area contributed by atoms with Crippen LogP contribution in [0.4, 0.5) is 18.9 Å². The maximum Gasteiger partial charge on any atom is 0.543 e. The molecule has 84 valence electrons. The number of nitrogens with zero attached hydrogens (tertiary/aromatic N) is 1. The van der Waals surface area contributed by atoms with Gasteiger partial charge >= 0.3 is 6.36 Å². The van der Waals surface area contributed by atoms with E-state index in [1.807, 2.05) is 5.48 Å². The first-order valence-corrected chi connectivity index (χ1v) is 4.41. The van der Waals surface area contributed by atoms with Gasteiger partial charge in [0, 0.05) is 11.6 Å². The molecule has 0 aliphatic carbocycles. The first-order valence-electron chi connectivity index (χ1n) is 4.41. The van der Waals surface area contributed by atoms with Crippen LogP contribution in [0.15, 0.2) is 36.5 Å². The molecule has 2 rings (SSSR count). The molecule has 1 aromatic carbocycles. The number of para-hydroxylation sites is 1. The predicted octanol–water partition coefficient (Wildman–Crippen LogP) is 3.10. The van der Waals surface area contributed by atoms with E-state index in [-0.39, 0.29) is 5.69 Å². The summed E-state index contributed by atoms with van der Waals surface area (Å²) >= 11 is 0.